The van der Waals surface area contributed by atoms with Gasteiger partial charge in [0.05, 0.1) is 12.0 Å². The van der Waals surface area contributed by atoms with Crippen molar-refractivity contribution in [3.63, 3.8) is 0 Å². The predicted octanol–water partition coefficient (Wildman–Crippen LogP) is 3.49. The molecule has 24 heavy (non-hydrogen) atoms. The Morgan fingerprint density at radius 2 is 1.88 bits per heavy atom. The molecule has 7 heteroatoms. The Morgan fingerprint density at radius 1 is 1.25 bits per heavy atom. The number of amides is 1. The molecule has 1 heterocycles. The van der Waals surface area contributed by atoms with E-state index in [1.165, 1.54) is 6.92 Å². The third-order valence-electron chi connectivity index (χ3n) is 4.40. The summed E-state index contributed by atoms with van der Waals surface area (Å²) in [5, 5.41) is 2.69. The Balaban J connectivity index is 1.97. The number of nitrogens with one attached hydrogen (secondary N) is 1. The topological polar surface area (TPSA) is 49.4 Å². The van der Waals surface area contributed by atoms with Crippen LogP contribution in [0.25, 0.3) is 0 Å². The molecule has 0 bridgehead atoms. The average molecular weight is 342 g/mol. The maximum atomic E-state index is 12.9. The largest absolute Gasteiger partial charge is 0.393 e. The van der Waals surface area contributed by atoms with Crippen molar-refractivity contribution < 1.29 is 22.8 Å². The fraction of sp³-hybridized carbons (Fsp3) is 0.529. The van der Waals surface area contributed by atoms with Crippen LogP contribution >= 0.6 is 0 Å². The Labute approximate surface area is 139 Å². The van der Waals surface area contributed by atoms with Gasteiger partial charge in [-0.2, -0.15) is 13.2 Å². The van der Waals surface area contributed by atoms with E-state index in [1.807, 2.05) is 0 Å². The lowest BCUT2D eigenvalue weighted by atomic mass is 9.96. The molecule has 1 fully saturated rings. The molecule has 132 valence electrons. The van der Waals surface area contributed by atoms with Gasteiger partial charge in [0.25, 0.3) is 0 Å². The van der Waals surface area contributed by atoms with Crippen molar-refractivity contribution in [2.75, 3.05) is 18.4 Å². The van der Waals surface area contributed by atoms with Gasteiger partial charge in [-0.25, -0.2) is 0 Å². The van der Waals surface area contributed by atoms with Gasteiger partial charge in [-0.05, 0) is 57.5 Å². The van der Waals surface area contributed by atoms with Gasteiger partial charge in [-0.1, -0.05) is 0 Å². The van der Waals surface area contributed by atoms with Crippen LogP contribution in [0.4, 0.5) is 18.9 Å². The molecule has 2 rings (SSSR count). The highest BCUT2D eigenvalue weighted by Crippen LogP contribution is 2.33. The van der Waals surface area contributed by atoms with E-state index in [-0.39, 0.29) is 24.7 Å². The molecule has 0 aliphatic carbocycles. The molecule has 1 aliphatic rings. The monoisotopic (exact) mass is 342 g/mol. The molecule has 4 nitrogen and oxygen atoms in total. The van der Waals surface area contributed by atoms with E-state index in [0.717, 1.165) is 0 Å². The summed E-state index contributed by atoms with van der Waals surface area (Å²) in [5.74, 6) is -1.81. The molecule has 1 saturated heterocycles. The lowest BCUT2D eigenvalue weighted by molar-refractivity contribution is -0.188. The first kappa shape index (κ1) is 18.4. The second kappa shape index (κ2) is 7.34. The number of carbonyl (C=O) groups is 2. The zero-order valence-corrected chi connectivity index (χ0v) is 13.7. The third-order valence-corrected chi connectivity index (χ3v) is 4.40. The van der Waals surface area contributed by atoms with Crippen molar-refractivity contribution in [2.45, 2.75) is 38.9 Å². The first-order chi connectivity index (χ1) is 11.2. The van der Waals surface area contributed by atoms with Crippen molar-refractivity contribution in [3.05, 3.63) is 29.8 Å². The molecule has 1 amide bonds. The maximum Gasteiger partial charge on any atom is 0.393 e. The zero-order valence-electron chi connectivity index (χ0n) is 13.7. The number of nitrogens with zero attached hydrogens (tertiary/aromatic N) is 1. The number of hydrogen-bond acceptors (Lipinski definition) is 3. The molecule has 1 aromatic carbocycles. The number of anilines is 1. The van der Waals surface area contributed by atoms with Crippen LogP contribution in [-0.4, -0.2) is 41.9 Å². The first-order valence-electron chi connectivity index (χ1n) is 7.91. The minimum atomic E-state index is -4.22. The Kier molecular flexibility index (Phi) is 5.64. The summed E-state index contributed by atoms with van der Waals surface area (Å²) in [6.07, 6.45) is -3.69. The number of hydrogen-bond donors (Lipinski definition) is 1. The molecular formula is C17H21F3N2O2. The lowest BCUT2D eigenvalue weighted by Gasteiger charge is -2.36. The van der Waals surface area contributed by atoms with E-state index < -0.39 is 18.1 Å². The smallest absolute Gasteiger partial charge is 0.325 e. The summed E-state index contributed by atoms with van der Waals surface area (Å²) in [4.78, 5) is 25.1. The molecular weight excluding hydrogens is 321 g/mol. The van der Waals surface area contributed by atoms with Gasteiger partial charge >= 0.3 is 6.18 Å². The van der Waals surface area contributed by atoms with Gasteiger partial charge in [0.1, 0.15) is 0 Å². The predicted molar refractivity (Wildman–Crippen MR) is 84.9 cm³/mol. The van der Waals surface area contributed by atoms with Crippen molar-refractivity contribution >= 4 is 17.4 Å². The van der Waals surface area contributed by atoms with E-state index in [4.69, 9.17) is 0 Å². The molecule has 0 aromatic heterocycles. The molecule has 1 N–H and O–H groups in total. The Morgan fingerprint density at radius 3 is 2.42 bits per heavy atom. The second-order valence-corrected chi connectivity index (χ2v) is 6.17. The van der Waals surface area contributed by atoms with Crippen LogP contribution in [0.2, 0.25) is 0 Å². The first-order valence-corrected chi connectivity index (χ1v) is 7.91. The highest BCUT2D eigenvalue weighted by Gasteiger charge is 2.43. The molecule has 0 radical (unpaired) electrons. The zero-order chi connectivity index (χ0) is 17.9. The molecule has 0 spiro atoms. The normalized spacial score (nSPS) is 20.5. The molecule has 2 atom stereocenters. The van der Waals surface area contributed by atoms with E-state index in [2.05, 4.69) is 5.32 Å². The SMILES string of the molecule is CC(=O)c1ccc(NC(=O)[C@@H](C)N2CCC[C@H](C(F)(F)F)C2)cc1. The lowest BCUT2D eigenvalue weighted by Crippen LogP contribution is -2.49. The van der Waals surface area contributed by atoms with Crippen LogP contribution in [0.15, 0.2) is 24.3 Å². The van der Waals surface area contributed by atoms with E-state index in [0.29, 0.717) is 24.2 Å². The Hall–Kier alpha value is -1.89. The van der Waals surface area contributed by atoms with Crippen LogP contribution in [0.1, 0.15) is 37.0 Å². The number of carbonyl (C=O) groups excluding carboxylic acids is 2. The number of halogens is 3. The number of Topliss-reactive ketones (excluding diaryl/α,β-unsaturated/α-hetero) is 1. The number of benzene rings is 1. The maximum absolute atomic E-state index is 12.9. The number of ketones is 1. The highest BCUT2D eigenvalue weighted by atomic mass is 19.4. The average Bonchev–Trinajstić information content (AvgIpc) is 2.54. The molecule has 0 unspecified atom stereocenters. The van der Waals surface area contributed by atoms with Gasteiger partial charge < -0.3 is 5.32 Å². The van der Waals surface area contributed by atoms with Crippen LogP contribution in [0, 0.1) is 5.92 Å². The van der Waals surface area contributed by atoms with E-state index in [1.54, 1.807) is 36.1 Å². The molecule has 0 saturated carbocycles. The number of likely N-dealkylation sites (tertiary alicyclic amines) is 1. The second-order valence-electron chi connectivity index (χ2n) is 6.17. The van der Waals surface area contributed by atoms with Crippen LogP contribution in [-0.2, 0) is 4.79 Å². The number of rotatable bonds is 4. The van der Waals surface area contributed by atoms with Gasteiger partial charge in [-0.3, -0.25) is 14.5 Å². The van der Waals surface area contributed by atoms with Crippen LogP contribution < -0.4 is 5.32 Å². The summed E-state index contributed by atoms with van der Waals surface area (Å²) in [7, 11) is 0. The standard InChI is InChI=1S/C17H21F3N2O2/c1-11(22-9-3-4-14(10-22)17(18,19)20)16(24)21-15-7-5-13(6-8-15)12(2)23/h5-8,11,14H,3-4,9-10H2,1-2H3,(H,21,24)/t11-,14+/m1/s1. The summed E-state index contributed by atoms with van der Waals surface area (Å²) < 4.78 is 38.6. The fourth-order valence-electron chi connectivity index (χ4n) is 2.83. The van der Waals surface area contributed by atoms with E-state index >= 15 is 0 Å². The molecule has 1 aromatic rings. The quantitative estimate of drug-likeness (QED) is 0.852. The fourth-order valence-corrected chi connectivity index (χ4v) is 2.83. The summed E-state index contributed by atoms with van der Waals surface area (Å²) in [5.41, 5.74) is 1.05. The van der Waals surface area contributed by atoms with Crippen LogP contribution in [0.3, 0.4) is 0 Å². The minimum Gasteiger partial charge on any atom is -0.325 e. The van der Waals surface area contributed by atoms with Crippen molar-refractivity contribution in [2.24, 2.45) is 5.92 Å². The summed E-state index contributed by atoms with van der Waals surface area (Å²) in [6.45, 7) is 3.38. The highest BCUT2D eigenvalue weighted by molar-refractivity contribution is 5.96. The summed E-state index contributed by atoms with van der Waals surface area (Å²) >= 11 is 0. The van der Waals surface area contributed by atoms with Crippen molar-refractivity contribution in [1.29, 1.82) is 0 Å². The van der Waals surface area contributed by atoms with Gasteiger partial charge in [0.15, 0.2) is 5.78 Å². The summed E-state index contributed by atoms with van der Waals surface area (Å²) in [6, 6.07) is 5.76. The van der Waals surface area contributed by atoms with E-state index in [9.17, 15) is 22.8 Å². The Bertz CT molecular complexity index is 599. The van der Waals surface area contributed by atoms with Gasteiger partial charge in [0.2, 0.25) is 5.91 Å². The molecule has 1 aliphatic heterocycles. The van der Waals surface area contributed by atoms with Gasteiger partial charge in [-0.15, -0.1) is 0 Å². The third kappa shape index (κ3) is 4.56. The number of alkyl halides is 3. The van der Waals surface area contributed by atoms with Crippen LogP contribution in [0.5, 0.6) is 0 Å². The van der Waals surface area contributed by atoms with Crippen molar-refractivity contribution in [3.8, 4) is 0 Å². The number of piperidine rings is 1. The van der Waals surface area contributed by atoms with Crippen molar-refractivity contribution in [1.82, 2.24) is 4.90 Å². The minimum absolute atomic E-state index is 0.0762. The van der Waals surface area contributed by atoms with Gasteiger partial charge in [0, 0.05) is 17.8 Å².